The highest BCUT2D eigenvalue weighted by atomic mass is 16.6. The zero-order valence-corrected chi connectivity index (χ0v) is 52.6. The van der Waals surface area contributed by atoms with Gasteiger partial charge in [-0.25, -0.2) is 0 Å². The summed E-state index contributed by atoms with van der Waals surface area (Å²) in [4.78, 5) is 38.4. The lowest BCUT2D eigenvalue weighted by Crippen LogP contribution is -2.30. The third kappa shape index (κ3) is 64.9. The van der Waals surface area contributed by atoms with E-state index in [1.807, 2.05) is 0 Å². The Morgan fingerprint density at radius 1 is 0.263 bits per heavy atom. The van der Waals surface area contributed by atoms with E-state index in [2.05, 4.69) is 130 Å². The minimum Gasteiger partial charge on any atom is -0.462 e. The van der Waals surface area contributed by atoms with Gasteiger partial charge in [0.15, 0.2) is 6.10 Å². The fraction of sp³-hybridized carbons (Fsp3) is 0.716. The van der Waals surface area contributed by atoms with Crippen molar-refractivity contribution in [1.29, 1.82) is 0 Å². The lowest BCUT2D eigenvalue weighted by atomic mass is 10.0. The summed E-state index contributed by atoms with van der Waals surface area (Å²) in [6.45, 7) is 6.51. The van der Waals surface area contributed by atoms with Crippen molar-refractivity contribution >= 4 is 17.9 Å². The summed E-state index contributed by atoms with van der Waals surface area (Å²) in [5, 5.41) is 0. The van der Waals surface area contributed by atoms with Crippen LogP contribution in [0.2, 0.25) is 0 Å². The highest BCUT2D eigenvalue weighted by Gasteiger charge is 2.19. The first kappa shape index (κ1) is 76.1. The highest BCUT2D eigenvalue weighted by molar-refractivity contribution is 5.71. The first-order chi connectivity index (χ1) is 39.5. The largest absolute Gasteiger partial charge is 0.462 e. The number of carbonyl (C=O) groups excluding carboxylic acids is 3. The molecule has 0 heterocycles. The number of unbranched alkanes of at least 4 members (excludes halogenated alkanes) is 32. The van der Waals surface area contributed by atoms with E-state index in [0.717, 1.165) is 128 Å². The van der Waals surface area contributed by atoms with Crippen molar-refractivity contribution in [3.05, 3.63) is 109 Å². The average molecular weight is 1110 g/mol. The van der Waals surface area contributed by atoms with E-state index in [0.29, 0.717) is 19.3 Å². The molecule has 1 atom stereocenters. The Morgan fingerprint density at radius 2 is 0.487 bits per heavy atom. The molecule has 0 aliphatic heterocycles. The molecule has 0 amide bonds. The van der Waals surface area contributed by atoms with Gasteiger partial charge in [0.05, 0.1) is 0 Å². The number of carbonyl (C=O) groups is 3. The maximum atomic E-state index is 12.9. The van der Waals surface area contributed by atoms with E-state index < -0.39 is 6.10 Å². The Bertz CT molecular complexity index is 1610. The summed E-state index contributed by atoms with van der Waals surface area (Å²) in [6.07, 6.45) is 92.4. The first-order valence-corrected chi connectivity index (χ1v) is 33.9. The number of ether oxygens (including phenoxy) is 3. The molecule has 0 saturated carbocycles. The molecule has 6 heteroatoms. The molecule has 0 saturated heterocycles. The number of hydrogen-bond donors (Lipinski definition) is 0. The molecule has 0 radical (unpaired) electrons. The van der Waals surface area contributed by atoms with E-state index in [4.69, 9.17) is 14.2 Å². The Kier molecular flexibility index (Phi) is 64.3. The van der Waals surface area contributed by atoms with Gasteiger partial charge in [0, 0.05) is 19.3 Å². The summed E-state index contributed by atoms with van der Waals surface area (Å²) in [5.74, 6) is -0.897. The van der Waals surface area contributed by atoms with E-state index in [1.54, 1.807) is 0 Å². The Balaban J connectivity index is 4.35. The van der Waals surface area contributed by atoms with Crippen molar-refractivity contribution in [3.8, 4) is 0 Å². The summed E-state index contributed by atoms with van der Waals surface area (Å²) in [5.41, 5.74) is 0. The lowest BCUT2D eigenvalue weighted by Gasteiger charge is -2.18. The van der Waals surface area contributed by atoms with Gasteiger partial charge in [-0.05, 0) is 109 Å². The molecule has 80 heavy (non-hydrogen) atoms. The van der Waals surface area contributed by atoms with Crippen LogP contribution in [-0.4, -0.2) is 37.2 Å². The van der Waals surface area contributed by atoms with Crippen molar-refractivity contribution in [2.75, 3.05) is 13.2 Å². The van der Waals surface area contributed by atoms with Crippen LogP contribution in [0.1, 0.15) is 323 Å². The quantitative estimate of drug-likeness (QED) is 0.0261. The molecule has 458 valence electrons. The Morgan fingerprint density at radius 3 is 0.787 bits per heavy atom. The second-order valence-electron chi connectivity index (χ2n) is 22.4. The van der Waals surface area contributed by atoms with Gasteiger partial charge in [-0.3, -0.25) is 14.4 Å². The van der Waals surface area contributed by atoms with Crippen molar-refractivity contribution in [2.45, 2.75) is 329 Å². The van der Waals surface area contributed by atoms with E-state index in [1.165, 1.54) is 154 Å². The average Bonchev–Trinajstić information content (AvgIpc) is 3.46. The fourth-order valence-electron chi connectivity index (χ4n) is 9.45. The van der Waals surface area contributed by atoms with E-state index in [9.17, 15) is 14.4 Å². The normalized spacial score (nSPS) is 12.8. The van der Waals surface area contributed by atoms with Crippen LogP contribution >= 0.6 is 0 Å². The minimum absolute atomic E-state index is 0.0868. The van der Waals surface area contributed by atoms with Crippen molar-refractivity contribution in [3.63, 3.8) is 0 Å². The third-order valence-electron chi connectivity index (χ3n) is 14.5. The van der Waals surface area contributed by atoms with Crippen molar-refractivity contribution in [1.82, 2.24) is 0 Å². The predicted octanol–water partition coefficient (Wildman–Crippen LogP) is 23.4. The maximum Gasteiger partial charge on any atom is 0.306 e. The molecular weight excluding hydrogens is 985 g/mol. The van der Waals surface area contributed by atoms with Gasteiger partial charge in [-0.15, -0.1) is 0 Å². The molecule has 0 aliphatic carbocycles. The summed E-state index contributed by atoms with van der Waals surface area (Å²) in [7, 11) is 0. The summed E-state index contributed by atoms with van der Waals surface area (Å²) >= 11 is 0. The standard InChI is InChI=1S/C74H126O6/c1-4-7-10-13-16-19-22-25-28-30-32-33-34-35-36-37-38-39-40-41-42-44-46-49-52-55-58-61-64-67-73(76)79-70-71(69-78-72(75)66-63-60-57-54-51-48-45-27-24-21-18-15-12-9-6-3)80-74(77)68-65-62-59-56-53-50-47-43-31-29-26-23-20-17-14-11-8-5-2/h7,10,16,18-19,21,25,27-28,32-33,35-36,38-39,41-42,45,71H,4-6,8-9,11-15,17,20,22-24,26,29-31,34,37,40,43-44,46-70H2,1-3H3/b10-7-,19-16-,21-18-,28-25-,33-32-,36-35-,39-38-,42-41-,45-27-. The number of hydrogen-bond acceptors (Lipinski definition) is 6. The minimum atomic E-state index is -0.790. The third-order valence-corrected chi connectivity index (χ3v) is 14.5. The van der Waals surface area contributed by atoms with E-state index in [-0.39, 0.29) is 31.1 Å². The Labute approximate surface area is 495 Å². The molecule has 0 bridgehead atoms. The SMILES string of the molecule is CC/C=C\C/C=C\C/C=C\C/C=C\C/C=C\C/C=C\C/C=C\CCCCCCCCCC(=O)OCC(COC(=O)CCCCCCC/C=C\C/C=C\CCCCC)OC(=O)CCCCCCCCCCCCCCCCCCCC. The van der Waals surface area contributed by atoms with Crippen LogP contribution in [0.4, 0.5) is 0 Å². The van der Waals surface area contributed by atoms with Crippen LogP contribution in [0, 0.1) is 0 Å². The molecule has 0 aliphatic rings. The van der Waals surface area contributed by atoms with Gasteiger partial charge < -0.3 is 14.2 Å². The number of rotatable bonds is 61. The van der Waals surface area contributed by atoms with Crippen molar-refractivity contribution < 1.29 is 28.6 Å². The molecule has 1 unspecified atom stereocenters. The molecule has 0 aromatic heterocycles. The maximum absolute atomic E-state index is 12.9. The topological polar surface area (TPSA) is 78.9 Å². The van der Waals surface area contributed by atoms with Gasteiger partial charge in [-0.2, -0.15) is 0 Å². The zero-order chi connectivity index (χ0) is 57.8. The van der Waals surface area contributed by atoms with Crippen molar-refractivity contribution in [2.24, 2.45) is 0 Å². The van der Waals surface area contributed by atoms with Gasteiger partial charge >= 0.3 is 17.9 Å². The molecule has 6 nitrogen and oxygen atoms in total. The molecule has 0 spiro atoms. The van der Waals surface area contributed by atoms with Crippen LogP contribution in [0.15, 0.2) is 109 Å². The molecule has 0 fully saturated rings. The Hall–Kier alpha value is -3.93. The second kappa shape index (κ2) is 67.6. The second-order valence-corrected chi connectivity index (χ2v) is 22.4. The van der Waals surface area contributed by atoms with Crippen LogP contribution in [0.3, 0.4) is 0 Å². The smallest absolute Gasteiger partial charge is 0.306 e. The summed E-state index contributed by atoms with van der Waals surface area (Å²) < 4.78 is 16.9. The highest BCUT2D eigenvalue weighted by Crippen LogP contribution is 2.17. The molecule has 0 rings (SSSR count). The zero-order valence-electron chi connectivity index (χ0n) is 52.6. The monoisotopic (exact) mass is 1110 g/mol. The van der Waals surface area contributed by atoms with Crippen LogP contribution < -0.4 is 0 Å². The van der Waals surface area contributed by atoms with Gasteiger partial charge in [-0.1, -0.05) is 304 Å². The van der Waals surface area contributed by atoms with Crippen LogP contribution in [-0.2, 0) is 28.6 Å². The molecule has 0 aromatic carbocycles. The molecule has 0 aromatic rings. The van der Waals surface area contributed by atoms with Crippen LogP contribution in [0.25, 0.3) is 0 Å². The van der Waals surface area contributed by atoms with Gasteiger partial charge in [0.25, 0.3) is 0 Å². The number of allylic oxidation sites excluding steroid dienone is 18. The van der Waals surface area contributed by atoms with E-state index >= 15 is 0 Å². The first-order valence-electron chi connectivity index (χ1n) is 33.9. The number of esters is 3. The summed E-state index contributed by atoms with van der Waals surface area (Å²) in [6, 6.07) is 0. The molecule has 0 N–H and O–H groups in total. The predicted molar refractivity (Wildman–Crippen MR) is 348 cm³/mol. The fourth-order valence-corrected chi connectivity index (χ4v) is 9.45. The van der Waals surface area contributed by atoms with Gasteiger partial charge in [0.1, 0.15) is 13.2 Å². The van der Waals surface area contributed by atoms with Crippen LogP contribution in [0.5, 0.6) is 0 Å². The molecular formula is C74H126O6. The lowest BCUT2D eigenvalue weighted by molar-refractivity contribution is -0.167. The van der Waals surface area contributed by atoms with Gasteiger partial charge in [0.2, 0.25) is 0 Å².